The average molecular weight is 1050 g/mol. The Balaban J connectivity index is 2.74. The van der Waals surface area contributed by atoms with E-state index < -0.39 is 67.3 Å². The van der Waals surface area contributed by atoms with Gasteiger partial charge < -0.3 is 39.0 Å². The molecule has 12 heteroatoms. The van der Waals surface area contributed by atoms with Gasteiger partial charge >= 0.3 is 23.9 Å². The monoisotopic (exact) mass is 1050 g/mol. The van der Waals surface area contributed by atoms with Crippen LogP contribution in [0.2, 0.25) is 0 Å². The number of carboxylic acid groups (broad SMARTS) is 1. The Kier molecular flexibility index (Phi) is 45.8. The molecule has 0 bridgehead atoms. The first-order valence-corrected chi connectivity index (χ1v) is 28.9. The van der Waals surface area contributed by atoms with Crippen LogP contribution in [-0.4, -0.2) is 89.2 Å². The quantitative estimate of drug-likeness (QED) is 0.0228. The van der Waals surface area contributed by atoms with E-state index in [2.05, 4.69) is 99.8 Å². The van der Waals surface area contributed by atoms with Crippen molar-refractivity contribution in [1.29, 1.82) is 0 Å². The highest BCUT2D eigenvalue weighted by Crippen LogP contribution is 2.26. The first-order valence-electron chi connectivity index (χ1n) is 28.9. The van der Waals surface area contributed by atoms with E-state index in [-0.39, 0.29) is 25.9 Å². The van der Waals surface area contributed by atoms with Crippen LogP contribution in [0.25, 0.3) is 0 Å². The van der Waals surface area contributed by atoms with Crippen LogP contribution in [0.5, 0.6) is 0 Å². The molecule has 1 heterocycles. The number of esters is 3. The number of unbranched alkanes of at least 4 members (excludes halogenated alkanes) is 15. The second kappa shape index (κ2) is 50.2. The normalized spacial score (nSPS) is 19.0. The minimum Gasteiger partial charge on any atom is -0.479 e. The third-order valence-electron chi connectivity index (χ3n) is 12.3. The topological polar surface area (TPSA) is 175 Å². The van der Waals surface area contributed by atoms with Gasteiger partial charge in [-0.25, -0.2) is 4.79 Å². The van der Waals surface area contributed by atoms with Gasteiger partial charge in [0, 0.05) is 19.3 Å². The molecule has 0 aromatic carbocycles. The second-order valence-electron chi connectivity index (χ2n) is 19.2. The summed E-state index contributed by atoms with van der Waals surface area (Å²) in [5, 5.41) is 31.4. The van der Waals surface area contributed by atoms with Gasteiger partial charge in [-0.2, -0.15) is 0 Å². The number of aliphatic hydroxyl groups is 2. The van der Waals surface area contributed by atoms with Crippen molar-refractivity contribution in [1.82, 2.24) is 0 Å². The highest BCUT2D eigenvalue weighted by atomic mass is 16.7. The lowest BCUT2D eigenvalue weighted by molar-refractivity contribution is -0.301. The van der Waals surface area contributed by atoms with Crippen molar-refractivity contribution in [3.05, 3.63) is 109 Å². The van der Waals surface area contributed by atoms with E-state index in [0.29, 0.717) is 32.1 Å². The summed E-state index contributed by atoms with van der Waals surface area (Å²) >= 11 is 0. The zero-order chi connectivity index (χ0) is 54.7. The maximum atomic E-state index is 13.1. The molecule has 424 valence electrons. The lowest BCUT2D eigenvalue weighted by Gasteiger charge is -2.40. The number of ether oxygens (including phenoxy) is 5. The Morgan fingerprint density at radius 3 is 1.33 bits per heavy atom. The summed E-state index contributed by atoms with van der Waals surface area (Å²) in [5.41, 5.74) is 0. The van der Waals surface area contributed by atoms with Crippen molar-refractivity contribution < 1.29 is 58.2 Å². The Hall–Kier alpha value is -4.62. The van der Waals surface area contributed by atoms with Gasteiger partial charge in [-0.05, 0) is 96.3 Å². The number of carbonyl (C=O) groups excluding carboxylic acids is 3. The number of aliphatic hydroxyl groups excluding tert-OH is 2. The van der Waals surface area contributed by atoms with Crippen LogP contribution in [0.3, 0.4) is 0 Å². The van der Waals surface area contributed by atoms with Crippen LogP contribution in [0.4, 0.5) is 0 Å². The standard InChI is InChI=1S/C63H100O12/c1-4-7-10-13-16-19-22-25-26-27-28-29-30-33-34-37-40-43-46-49-55(64)71-52-54(73-56(65)50-47-44-41-38-35-31-23-20-17-14-11-8-5-2)53-72-63-61(59(68)58(67)60(75-63)62(69)70)74-57(66)51-48-45-42-39-36-32-24-21-18-15-12-9-6-3/h8-9,11-12,17-18,20-21,25-26,31-32,35-36,41-42,44-45,54,58-61,63,67-68H,4-7,10,13-16,19,22-24,27-30,33-34,37-40,43,46-53H2,1-3H3,(H,69,70)/b11-8-,12-9-,20-17-,21-18-,26-25-,35-31-,36-32-,44-41-,45-42-. The molecule has 12 nitrogen and oxygen atoms in total. The predicted octanol–water partition coefficient (Wildman–Crippen LogP) is 14.7. The SMILES string of the molecule is CC/C=C\C/C=C\C/C=C\C/C=C\CCC(=O)OC(COC(=O)CCCCCCCCCCC/C=C\CCCCCCCC)COC1OC(C(=O)O)C(O)C(O)C1OC(=O)CC/C=C\C/C=C\C/C=C\C/C=C\CC. The predicted molar refractivity (Wildman–Crippen MR) is 303 cm³/mol. The minimum atomic E-state index is -1.94. The lowest BCUT2D eigenvalue weighted by atomic mass is 9.98. The molecule has 75 heavy (non-hydrogen) atoms. The maximum absolute atomic E-state index is 13.1. The van der Waals surface area contributed by atoms with E-state index in [1.54, 1.807) is 0 Å². The van der Waals surface area contributed by atoms with Gasteiger partial charge in [0.25, 0.3) is 0 Å². The average Bonchev–Trinajstić information content (AvgIpc) is 3.39. The molecule has 0 aliphatic carbocycles. The molecule has 0 radical (unpaired) electrons. The third-order valence-corrected chi connectivity index (χ3v) is 12.3. The molecule has 3 N–H and O–H groups in total. The van der Waals surface area contributed by atoms with Crippen molar-refractivity contribution in [2.75, 3.05) is 13.2 Å². The highest BCUT2D eigenvalue weighted by molar-refractivity contribution is 5.74. The molecule has 1 fully saturated rings. The van der Waals surface area contributed by atoms with Crippen molar-refractivity contribution in [3.8, 4) is 0 Å². The number of hydrogen-bond donors (Lipinski definition) is 3. The van der Waals surface area contributed by atoms with Gasteiger partial charge in [-0.15, -0.1) is 0 Å². The smallest absolute Gasteiger partial charge is 0.335 e. The summed E-state index contributed by atoms with van der Waals surface area (Å²) in [6.45, 7) is 5.64. The van der Waals surface area contributed by atoms with E-state index in [9.17, 15) is 34.5 Å². The van der Waals surface area contributed by atoms with Gasteiger partial charge in [0.05, 0.1) is 6.61 Å². The van der Waals surface area contributed by atoms with Crippen LogP contribution < -0.4 is 0 Å². The fourth-order valence-corrected chi connectivity index (χ4v) is 7.98. The lowest BCUT2D eigenvalue weighted by Crippen LogP contribution is -2.61. The van der Waals surface area contributed by atoms with Crippen LogP contribution in [-0.2, 0) is 42.9 Å². The summed E-state index contributed by atoms with van der Waals surface area (Å²) in [6.07, 6.45) is 55.4. The van der Waals surface area contributed by atoms with Crippen molar-refractivity contribution in [3.63, 3.8) is 0 Å². The molecular formula is C63H100O12. The Morgan fingerprint density at radius 2 is 0.867 bits per heavy atom. The number of allylic oxidation sites excluding steroid dienone is 18. The number of rotatable bonds is 47. The molecule has 1 aliphatic heterocycles. The van der Waals surface area contributed by atoms with E-state index >= 15 is 0 Å². The Labute approximate surface area is 453 Å². The molecule has 0 amide bonds. The zero-order valence-electron chi connectivity index (χ0n) is 46.5. The molecule has 0 aromatic heterocycles. The maximum Gasteiger partial charge on any atom is 0.335 e. The molecule has 0 aromatic rings. The van der Waals surface area contributed by atoms with E-state index in [0.717, 1.165) is 64.2 Å². The molecule has 0 spiro atoms. The van der Waals surface area contributed by atoms with Gasteiger partial charge in [-0.1, -0.05) is 207 Å². The van der Waals surface area contributed by atoms with Gasteiger partial charge in [0.15, 0.2) is 24.6 Å². The molecule has 0 saturated carbocycles. The van der Waals surface area contributed by atoms with Crippen LogP contribution in [0.1, 0.15) is 213 Å². The van der Waals surface area contributed by atoms with Crippen molar-refractivity contribution in [2.24, 2.45) is 0 Å². The van der Waals surface area contributed by atoms with E-state index in [4.69, 9.17) is 23.7 Å². The summed E-state index contributed by atoms with van der Waals surface area (Å²) in [6, 6.07) is 0. The first kappa shape index (κ1) is 68.4. The summed E-state index contributed by atoms with van der Waals surface area (Å²) in [5.74, 6) is -3.35. The van der Waals surface area contributed by atoms with Crippen molar-refractivity contribution >= 4 is 23.9 Å². The fraction of sp³-hybridized carbons (Fsp3) is 0.651. The minimum absolute atomic E-state index is 0.0286. The number of carbonyl (C=O) groups is 4. The first-order chi connectivity index (χ1) is 36.6. The number of hydrogen-bond acceptors (Lipinski definition) is 11. The number of carboxylic acids is 1. The van der Waals surface area contributed by atoms with Gasteiger partial charge in [0.1, 0.15) is 18.8 Å². The van der Waals surface area contributed by atoms with E-state index in [1.165, 1.54) is 77.0 Å². The third kappa shape index (κ3) is 40.3. The van der Waals surface area contributed by atoms with Gasteiger partial charge in [0.2, 0.25) is 0 Å². The molecule has 1 aliphatic rings. The summed E-state index contributed by atoms with van der Waals surface area (Å²) in [7, 11) is 0. The van der Waals surface area contributed by atoms with Crippen LogP contribution >= 0.6 is 0 Å². The summed E-state index contributed by atoms with van der Waals surface area (Å²) < 4.78 is 28.2. The van der Waals surface area contributed by atoms with Crippen LogP contribution in [0.15, 0.2) is 109 Å². The highest BCUT2D eigenvalue weighted by Gasteiger charge is 2.50. The molecule has 6 unspecified atom stereocenters. The Morgan fingerprint density at radius 1 is 0.453 bits per heavy atom. The number of aliphatic carboxylic acids is 1. The van der Waals surface area contributed by atoms with E-state index in [1.807, 2.05) is 30.4 Å². The molecule has 6 atom stereocenters. The largest absolute Gasteiger partial charge is 0.479 e. The molecular weight excluding hydrogens is 949 g/mol. The molecule has 1 saturated heterocycles. The second-order valence-corrected chi connectivity index (χ2v) is 19.2. The van der Waals surface area contributed by atoms with Crippen LogP contribution in [0, 0.1) is 0 Å². The Bertz CT molecular complexity index is 1720. The summed E-state index contributed by atoms with van der Waals surface area (Å²) in [4.78, 5) is 51.0. The van der Waals surface area contributed by atoms with Crippen molar-refractivity contribution in [2.45, 2.75) is 250 Å². The zero-order valence-corrected chi connectivity index (χ0v) is 46.5. The van der Waals surface area contributed by atoms with Gasteiger partial charge in [-0.3, -0.25) is 14.4 Å². The fourth-order valence-electron chi connectivity index (χ4n) is 7.98. The molecule has 1 rings (SSSR count).